The summed E-state index contributed by atoms with van der Waals surface area (Å²) in [6, 6.07) is -0.993. The lowest BCUT2D eigenvalue weighted by atomic mass is 10.0. The molecule has 0 bridgehead atoms. The molecule has 4 aliphatic heterocycles. The molecule has 4 fully saturated rings. The van der Waals surface area contributed by atoms with Crippen molar-refractivity contribution in [1.82, 2.24) is 37.2 Å². The molecule has 0 aliphatic carbocycles. The number of thioether (sulfide) groups is 2. The van der Waals surface area contributed by atoms with Crippen molar-refractivity contribution in [3.05, 3.63) is 0 Å². The summed E-state index contributed by atoms with van der Waals surface area (Å²) >= 11 is 3.75. The SMILES string of the molecule is NC(=O)[C@H](CCCCNC(=O)CCCC[C@@H]1SC[C@@H]2NC(=O)N[C@@H]21)NC(=O)[C@@H](N)CCCCNC(=O)CCCC[C@@H]1SC[C@@H]2NC(=O)N[C@@H]21. The Morgan fingerprint density at radius 1 is 0.694 bits per heavy atom. The van der Waals surface area contributed by atoms with E-state index in [1.165, 1.54) is 0 Å². The molecule has 0 spiro atoms. The summed E-state index contributed by atoms with van der Waals surface area (Å²) in [7, 11) is 0. The highest BCUT2D eigenvalue weighted by molar-refractivity contribution is 8.00. The van der Waals surface area contributed by atoms with Crippen LogP contribution in [0.15, 0.2) is 0 Å². The minimum atomic E-state index is -0.830. The van der Waals surface area contributed by atoms with Crippen LogP contribution in [0.4, 0.5) is 9.59 Å². The molecule has 276 valence electrons. The minimum absolute atomic E-state index is 0.00531. The van der Waals surface area contributed by atoms with E-state index in [4.69, 9.17) is 11.5 Å². The second-order valence-corrected chi connectivity index (χ2v) is 16.0. The lowest BCUT2D eigenvalue weighted by Gasteiger charge is -2.18. The fourth-order valence-corrected chi connectivity index (χ4v) is 9.93. The van der Waals surface area contributed by atoms with Crippen molar-refractivity contribution in [2.24, 2.45) is 11.5 Å². The molecule has 8 atom stereocenters. The van der Waals surface area contributed by atoms with Crippen molar-refractivity contribution >= 4 is 59.2 Å². The standard InChI is InChI=1S/C32H55N9O6S2/c33-19(9-5-7-15-35-25(42)13-3-1-11-23-27-21(17-48-23)38-31(46)40-27)30(45)37-20(29(34)44)10-6-8-16-36-26(43)14-4-2-12-24-28-22(18-49-24)39-32(47)41-28/h19-24,27-28H,1-18,33H2,(H2,34,44)(H,35,42)(H,36,43)(H,37,45)(H2,38,40,46)(H2,39,41,47)/t19-,20-,21-,22-,23-,24-,27-,28-/m0/s1. The van der Waals surface area contributed by atoms with Crippen molar-refractivity contribution < 1.29 is 28.8 Å². The average molecular weight is 726 g/mol. The molecule has 0 saturated carbocycles. The lowest BCUT2D eigenvalue weighted by molar-refractivity contribution is -0.128. The topological polar surface area (TPSA) is 239 Å². The van der Waals surface area contributed by atoms with Gasteiger partial charge in [0.2, 0.25) is 23.6 Å². The van der Waals surface area contributed by atoms with Gasteiger partial charge in [0.15, 0.2) is 0 Å². The number of nitrogens with two attached hydrogens (primary N) is 2. The Kier molecular flexibility index (Phi) is 15.9. The molecule has 0 aromatic heterocycles. The maximum Gasteiger partial charge on any atom is 0.315 e. The lowest BCUT2D eigenvalue weighted by Crippen LogP contribution is -2.50. The van der Waals surface area contributed by atoms with E-state index in [1.54, 1.807) is 0 Å². The van der Waals surface area contributed by atoms with Crippen LogP contribution in [-0.2, 0) is 19.2 Å². The van der Waals surface area contributed by atoms with Crippen LogP contribution in [0, 0.1) is 0 Å². The maximum absolute atomic E-state index is 12.6. The highest BCUT2D eigenvalue weighted by Gasteiger charge is 2.43. The van der Waals surface area contributed by atoms with Gasteiger partial charge in [-0.1, -0.05) is 12.8 Å². The molecule has 15 nitrogen and oxygen atoms in total. The summed E-state index contributed by atoms with van der Waals surface area (Å²) in [6.07, 6.45) is 9.64. The van der Waals surface area contributed by atoms with Crippen LogP contribution in [0.2, 0.25) is 0 Å². The summed E-state index contributed by atoms with van der Waals surface area (Å²) < 4.78 is 0. The van der Waals surface area contributed by atoms with Crippen LogP contribution in [0.5, 0.6) is 0 Å². The number of rotatable bonds is 23. The van der Waals surface area contributed by atoms with Gasteiger partial charge in [0.25, 0.3) is 0 Å². The predicted octanol–water partition coefficient (Wildman–Crippen LogP) is 0.308. The fourth-order valence-electron chi connectivity index (χ4n) is 6.84. The second kappa shape index (κ2) is 20.1. The van der Waals surface area contributed by atoms with Gasteiger partial charge >= 0.3 is 12.1 Å². The molecule has 17 heteroatoms. The van der Waals surface area contributed by atoms with Gasteiger partial charge in [-0.3, -0.25) is 19.2 Å². The van der Waals surface area contributed by atoms with Crippen molar-refractivity contribution in [1.29, 1.82) is 0 Å². The summed E-state index contributed by atoms with van der Waals surface area (Å²) in [4.78, 5) is 71.9. The number of urea groups is 2. The molecule has 0 aromatic carbocycles. The first-order valence-corrected chi connectivity index (χ1v) is 20.0. The Bertz CT molecular complexity index is 1170. The smallest absolute Gasteiger partial charge is 0.315 e. The Morgan fingerprint density at radius 3 is 1.67 bits per heavy atom. The molecule has 4 rings (SSSR count). The zero-order valence-electron chi connectivity index (χ0n) is 28.3. The quantitative estimate of drug-likeness (QED) is 0.0520. The van der Waals surface area contributed by atoms with E-state index in [9.17, 15) is 28.8 Å². The minimum Gasteiger partial charge on any atom is -0.368 e. The number of hydrogen-bond donors (Lipinski definition) is 9. The van der Waals surface area contributed by atoms with Crippen molar-refractivity contribution in [2.45, 2.75) is 137 Å². The maximum atomic E-state index is 12.6. The number of hydrogen-bond acceptors (Lipinski definition) is 9. The zero-order valence-corrected chi connectivity index (χ0v) is 29.9. The molecule has 8 amide bonds. The van der Waals surface area contributed by atoms with Crippen molar-refractivity contribution in [3.63, 3.8) is 0 Å². The second-order valence-electron chi connectivity index (χ2n) is 13.5. The first-order valence-electron chi connectivity index (χ1n) is 17.9. The average Bonchev–Trinajstić information content (AvgIpc) is 3.82. The van der Waals surface area contributed by atoms with Gasteiger partial charge in [-0.15, -0.1) is 0 Å². The molecule has 0 unspecified atom stereocenters. The number of unbranched alkanes of at least 4 members (excludes halogenated alkanes) is 4. The molecule has 49 heavy (non-hydrogen) atoms. The number of carbonyl (C=O) groups is 6. The van der Waals surface area contributed by atoms with Gasteiger partial charge in [-0.2, -0.15) is 23.5 Å². The number of carbonyl (C=O) groups excluding carboxylic acids is 6. The van der Waals surface area contributed by atoms with Crippen molar-refractivity contribution in [3.8, 4) is 0 Å². The van der Waals surface area contributed by atoms with E-state index < -0.39 is 23.9 Å². The molecule has 0 radical (unpaired) electrons. The zero-order chi connectivity index (χ0) is 35.2. The summed E-state index contributed by atoms with van der Waals surface area (Å²) in [5.74, 6) is 0.797. The number of nitrogens with one attached hydrogen (secondary N) is 7. The molecular formula is C32H55N9O6S2. The first-order chi connectivity index (χ1) is 23.6. The Morgan fingerprint density at radius 2 is 1.18 bits per heavy atom. The van der Waals surface area contributed by atoms with E-state index in [-0.39, 0.29) is 48.0 Å². The van der Waals surface area contributed by atoms with Crippen LogP contribution in [0.25, 0.3) is 0 Å². The molecule has 4 heterocycles. The Labute approximate surface area is 297 Å². The van der Waals surface area contributed by atoms with Gasteiger partial charge in [0, 0.05) is 47.9 Å². The van der Waals surface area contributed by atoms with E-state index in [1.807, 2.05) is 23.5 Å². The van der Waals surface area contributed by atoms with E-state index in [2.05, 4.69) is 37.2 Å². The molecule has 4 aliphatic rings. The number of primary amides is 1. The van der Waals surface area contributed by atoms with Gasteiger partial charge in [-0.25, -0.2) is 9.59 Å². The van der Waals surface area contributed by atoms with Crippen LogP contribution < -0.4 is 48.7 Å². The number of amides is 8. The highest BCUT2D eigenvalue weighted by Crippen LogP contribution is 2.34. The molecule has 0 aromatic rings. The van der Waals surface area contributed by atoms with Gasteiger partial charge in [-0.05, 0) is 64.2 Å². The van der Waals surface area contributed by atoms with E-state index in [0.29, 0.717) is 75.0 Å². The van der Waals surface area contributed by atoms with Crippen LogP contribution >= 0.6 is 23.5 Å². The summed E-state index contributed by atoms with van der Waals surface area (Å²) in [5.41, 5.74) is 11.6. The van der Waals surface area contributed by atoms with Crippen LogP contribution in [0.3, 0.4) is 0 Å². The first kappa shape index (κ1) is 38.9. The van der Waals surface area contributed by atoms with Crippen LogP contribution in [0.1, 0.15) is 89.9 Å². The fraction of sp³-hybridized carbons (Fsp3) is 0.812. The third-order valence-electron chi connectivity index (χ3n) is 9.66. The molecule has 4 saturated heterocycles. The predicted molar refractivity (Wildman–Crippen MR) is 191 cm³/mol. The number of fused-ring (bicyclic) bond motifs is 2. The monoisotopic (exact) mass is 725 g/mol. The van der Waals surface area contributed by atoms with Gasteiger partial charge < -0.3 is 48.7 Å². The normalized spacial score (nSPS) is 26.4. The third-order valence-corrected chi connectivity index (χ3v) is 12.7. The Balaban J connectivity index is 0.953. The van der Waals surface area contributed by atoms with Gasteiger partial charge in [0.05, 0.1) is 30.2 Å². The van der Waals surface area contributed by atoms with E-state index in [0.717, 1.165) is 50.0 Å². The molecular weight excluding hydrogens is 671 g/mol. The van der Waals surface area contributed by atoms with Crippen molar-refractivity contribution in [2.75, 3.05) is 24.6 Å². The van der Waals surface area contributed by atoms with E-state index >= 15 is 0 Å². The molecule has 11 N–H and O–H groups in total. The summed E-state index contributed by atoms with van der Waals surface area (Å²) in [6.45, 7) is 0.986. The largest absolute Gasteiger partial charge is 0.368 e. The summed E-state index contributed by atoms with van der Waals surface area (Å²) in [5, 5.41) is 21.1. The Hall–Kier alpha value is -2.92. The van der Waals surface area contributed by atoms with Gasteiger partial charge in [0.1, 0.15) is 6.04 Å². The van der Waals surface area contributed by atoms with Crippen LogP contribution in [-0.4, -0.2) is 107 Å². The highest BCUT2D eigenvalue weighted by atomic mass is 32.2. The third kappa shape index (κ3) is 12.7.